The maximum absolute atomic E-state index is 14.0. The number of rotatable bonds is 3. The van der Waals surface area contributed by atoms with E-state index in [0.29, 0.717) is 12.8 Å². The van der Waals surface area contributed by atoms with Gasteiger partial charge in [-0.3, -0.25) is 0 Å². The molecule has 1 saturated carbocycles. The second-order valence-electron chi connectivity index (χ2n) is 5.35. The minimum Gasteiger partial charge on any atom is -0.386 e. The van der Waals surface area contributed by atoms with E-state index in [1.807, 2.05) is 0 Å². The Hall–Kier alpha value is -0.660. The minimum absolute atomic E-state index is 0.0763. The molecule has 7 heteroatoms. The van der Waals surface area contributed by atoms with E-state index in [0.717, 1.165) is 19.3 Å². The van der Waals surface area contributed by atoms with Crippen molar-refractivity contribution >= 4 is 0 Å². The molecule has 1 unspecified atom stereocenters. The highest BCUT2D eigenvalue weighted by molar-refractivity contribution is 5.10. The predicted octanol–water partition coefficient (Wildman–Crippen LogP) is 2.88. The first-order valence-corrected chi connectivity index (χ1v) is 6.63. The summed E-state index contributed by atoms with van der Waals surface area (Å²) < 4.78 is 63.1. The predicted molar refractivity (Wildman–Crippen MR) is 62.7 cm³/mol. The molecule has 1 spiro atoms. The molecule has 116 valence electrons. The van der Waals surface area contributed by atoms with Crippen LogP contribution in [0.1, 0.15) is 32.1 Å². The molecule has 3 nitrogen and oxygen atoms in total. The maximum Gasteiger partial charge on any atom is 0.428 e. The van der Waals surface area contributed by atoms with Crippen LogP contribution in [-0.2, 0) is 9.47 Å². The van der Waals surface area contributed by atoms with Crippen molar-refractivity contribution in [2.75, 3.05) is 6.61 Å². The summed E-state index contributed by atoms with van der Waals surface area (Å²) in [5.74, 6) is -0.961. The fourth-order valence-corrected chi connectivity index (χ4v) is 2.76. The van der Waals surface area contributed by atoms with Gasteiger partial charge in [-0.25, -0.2) is 4.39 Å². The van der Waals surface area contributed by atoms with Crippen LogP contribution in [0.2, 0.25) is 0 Å². The van der Waals surface area contributed by atoms with Crippen molar-refractivity contribution in [1.29, 1.82) is 0 Å². The summed E-state index contributed by atoms with van der Waals surface area (Å²) in [4.78, 5) is 0. The molecular weight excluding hydrogens is 280 g/mol. The van der Waals surface area contributed by atoms with Crippen LogP contribution in [0, 0.1) is 0 Å². The Balaban J connectivity index is 2.10. The van der Waals surface area contributed by atoms with Crippen LogP contribution in [0.4, 0.5) is 17.6 Å². The van der Waals surface area contributed by atoms with Gasteiger partial charge in [-0.2, -0.15) is 13.2 Å². The van der Waals surface area contributed by atoms with E-state index in [1.54, 1.807) is 0 Å². The number of alkyl halides is 4. The first-order chi connectivity index (χ1) is 9.24. The van der Waals surface area contributed by atoms with Crippen LogP contribution in [0.3, 0.4) is 0 Å². The van der Waals surface area contributed by atoms with Crippen molar-refractivity contribution < 1.29 is 32.1 Å². The van der Waals surface area contributed by atoms with Crippen LogP contribution < -0.4 is 0 Å². The Kier molecular flexibility index (Phi) is 4.15. The van der Waals surface area contributed by atoms with Crippen LogP contribution in [0.25, 0.3) is 0 Å². The molecule has 0 radical (unpaired) electrons. The lowest BCUT2D eigenvalue weighted by Gasteiger charge is -2.35. The monoisotopic (exact) mass is 298 g/mol. The van der Waals surface area contributed by atoms with Gasteiger partial charge in [0.25, 0.3) is 5.67 Å². The zero-order valence-corrected chi connectivity index (χ0v) is 11.0. The first kappa shape index (κ1) is 15.7. The van der Waals surface area contributed by atoms with Crippen molar-refractivity contribution in [1.82, 2.24) is 0 Å². The molecule has 20 heavy (non-hydrogen) atoms. The summed E-state index contributed by atoms with van der Waals surface area (Å²) in [6, 6.07) is 0. The normalized spacial score (nSPS) is 30.9. The number of hydrogen-bond acceptors (Lipinski definition) is 3. The van der Waals surface area contributed by atoms with Crippen molar-refractivity contribution in [3.8, 4) is 0 Å². The molecule has 1 heterocycles. The van der Waals surface area contributed by atoms with E-state index in [2.05, 4.69) is 6.58 Å². The van der Waals surface area contributed by atoms with E-state index < -0.39 is 29.8 Å². The van der Waals surface area contributed by atoms with Gasteiger partial charge in [-0.1, -0.05) is 13.0 Å². The number of aliphatic hydroxyl groups is 1. The Morgan fingerprint density at radius 2 is 1.80 bits per heavy atom. The van der Waals surface area contributed by atoms with Crippen LogP contribution >= 0.6 is 0 Å². The summed E-state index contributed by atoms with van der Waals surface area (Å²) in [5.41, 5.74) is -3.90. The summed E-state index contributed by atoms with van der Waals surface area (Å²) in [5, 5.41) is 9.75. The SMILES string of the molecule is C=C[C@@](F)(C(O)[C@H]1COC2(CCCCC2)O1)C(F)(F)F. The molecule has 1 saturated heterocycles. The molecular formula is C13H18F4O3. The summed E-state index contributed by atoms with van der Waals surface area (Å²) in [6.45, 7) is 2.59. The Morgan fingerprint density at radius 3 is 2.30 bits per heavy atom. The van der Waals surface area contributed by atoms with E-state index in [4.69, 9.17) is 9.47 Å². The number of ether oxygens (including phenoxy) is 2. The van der Waals surface area contributed by atoms with Gasteiger partial charge >= 0.3 is 6.18 Å². The van der Waals surface area contributed by atoms with Crippen molar-refractivity contribution in [3.63, 3.8) is 0 Å². The van der Waals surface area contributed by atoms with E-state index in [-0.39, 0.29) is 12.7 Å². The average molecular weight is 298 g/mol. The fraction of sp³-hybridized carbons (Fsp3) is 0.846. The van der Waals surface area contributed by atoms with Gasteiger partial charge in [0.15, 0.2) is 5.79 Å². The highest BCUT2D eigenvalue weighted by Gasteiger charge is 2.62. The fourth-order valence-electron chi connectivity index (χ4n) is 2.76. The maximum atomic E-state index is 14.0. The lowest BCUT2D eigenvalue weighted by molar-refractivity contribution is -0.261. The molecule has 2 fully saturated rings. The number of aliphatic hydroxyl groups excluding tert-OH is 1. The lowest BCUT2D eigenvalue weighted by Crippen LogP contribution is -2.55. The Morgan fingerprint density at radius 1 is 1.20 bits per heavy atom. The van der Waals surface area contributed by atoms with Gasteiger partial charge in [-0.05, 0) is 18.9 Å². The topological polar surface area (TPSA) is 38.7 Å². The Labute approximate surface area is 114 Å². The molecule has 0 aromatic heterocycles. The van der Waals surface area contributed by atoms with Gasteiger partial charge in [-0.15, -0.1) is 0 Å². The molecule has 1 N–H and O–H groups in total. The van der Waals surface area contributed by atoms with Gasteiger partial charge in [0, 0.05) is 12.8 Å². The average Bonchev–Trinajstić information content (AvgIpc) is 2.80. The highest BCUT2D eigenvalue weighted by atomic mass is 19.4. The second kappa shape index (κ2) is 5.27. The van der Waals surface area contributed by atoms with Crippen LogP contribution in [0.5, 0.6) is 0 Å². The zero-order valence-electron chi connectivity index (χ0n) is 11.0. The van der Waals surface area contributed by atoms with Gasteiger partial charge < -0.3 is 14.6 Å². The molecule has 2 rings (SSSR count). The van der Waals surface area contributed by atoms with Crippen molar-refractivity contribution in [2.45, 2.75) is 61.9 Å². The first-order valence-electron chi connectivity index (χ1n) is 6.63. The molecule has 0 bridgehead atoms. The van der Waals surface area contributed by atoms with Crippen LogP contribution in [-0.4, -0.2) is 41.6 Å². The highest BCUT2D eigenvalue weighted by Crippen LogP contribution is 2.44. The van der Waals surface area contributed by atoms with Gasteiger partial charge in [0.2, 0.25) is 0 Å². The third kappa shape index (κ3) is 2.58. The minimum atomic E-state index is -5.25. The van der Waals surface area contributed by atoms with Gasteiger partial charge in [0.05, 0.1) is 6.61 Å². The Bertz CT molecular complexity index is 365. The zero-order chi connectivity index (χ0) is 15.0. The summed E-state index contributed by atoms with van der Waals surface area (Å²) >= 11 is 0. The largest absolute Gasteiger partial charge is 0.428 e. The number of halogens is 4. The summed E-state index contributed by atoms with van der Waals surface area (Å²) in [6.07, 6.45) is -5.13. The molecule has 1 aliphatic heterocycles. The molecule has 3 atom stereocenters. The third-order valence-corrected chi connectivity index (χ3v) is 4.01. The van der Waals surface area contributed by atoms with E-state index in [1.165, 1.54) is 0 Å². The quantitative estimate of drug-likeness (QED) is 0.643. The molecule has 2 aliphatic rings. The van der Waals surface area contributed by atoms with Crippen LogP contribution in [0.15, 0.2) is 12.7 Å². The standard InChI is InChI=1S/C13H18F4O3/c1-2-12(14,13(15,16)17)10(18)9-8-19-11(20-9)6-4-3-5-7-11/h2,9-10,18H,1,3-8H2/t9-,10?,12-/m1/s1. The number of hydrogen-bond donors (Lipinski definition) is 1. The summed E-state index contributed by atoms with van der Waals surface area (Å²) in [7, 11) is 0. The smallest absolute Gasteiger partial charge is 0.386 e. The van der Waals surface area contributed by atoms with E-state index >= 15 is 0 Å². The third-order valence-electron chi connectivity index (χ3n) is 4.01. The van der Waals surface area contributed by atoms with Crippen molar-refractivity contribution in [2.24, 2.45) is 0 Å². The lowest BCUT2D eigenvalue weighted by atomic mass is 9.93. The van der Waals surface area contributed by atoms with E-state index in [9.17, 15) is 22.7 Å². The van der Waals surface area contributed by atoms with Crippen molar-refractivity contribution in [3.05, 3.63) is 12.7 Å². The molecule has 0 amide bonds. The molecule has 0 aromatic rings. The van der Waals surface area contributed by atoms with Gasteiger partial charge in [0.1, 0.15) is 12.2 Å². The molecule has 1 aliphatic carbocycles. The second-order valence-corrected chi connectivity index (χ2v) is 5.35. The molecule has 0 aromatic carbocycles.